The van der Waals surface area contributed by atoms with Crippen molar-refractivity contribution >= 4 is 44.7 Å². The third-order valence-corrected chi connectivity index (χ3v) is 7.89. The number of piperidine rings is 1. The molecule has 3 rings (SSSR count). The Morgan fingerprint density at radius 1 is 1.23 bits per heavy atom. The molecule has 1 amide bonds. The Balaban J connectivity index is 1.62. The number of nitrogens with zero attached hydrogens (tertiary/aromatic N) is 3. The zero-order valence-corrected chi connectivity index (χ0v) is 16.7. The van der Waals surface area contributed by atoms with Crippen LogP contribution in [0, 0.1) is 0 Å². The molecule has 2 aromatic rings. The molecule has 1 atom stereocenters. The lowest BCUT2D eigenvalue weighted by Crippen LogP contribution is -2.35. The van der Waals surface area contributed by atoms with Crippen molar-refractivity contribution in [2.24, 2.45) is 0 Å². The summed E-state index contributed by atoms with van der Waals surface area (Å²) in [6.07, 6.45) is 2.87. The maximum absolute atomic E-state index is 12.6. The molecule has 0 bridgehead atoms. The van der Waals surface area contributed by atoms with Crippen molar-refractivity contribution in [2.45, 2.75) is 40.7 Å². The van der Waals surface area contributed by atoms with Gasteiger partial charge in [0.25, 0.3) is 0 Å². The monoisotopic (exact) mass is 412 g/mol. The number of thioether (sulfide) groups is 1. The summed E-state index contributed by atoms with van der Waals surface area (Å²) >= 11 is 2.72. The van der Waals surface area contributed by atoms with Crippen molar-refractivity contribution in [3.8, 4) is 0 Å². The van der Waals surface area contributed by atoms with Crippen LogP contribution < -0.4 is 5.32 Å². The SMILES string of the molecule is C[C@@H](Sc1nncs1)C(=O)Nc1ccc(S(=O)(=O)N2CCCCC2)cc1. The van der Waals surface area contributed by atoms with Gasteiger partial charge in [0.2, 0.25) is 15.9 Å². The third kappa shape index (κ3) is 4.61. The predicted molar refractivity (Wildman–Crippen MR) is 103 cm³/mol. The molecule has 1 fully saturated rings. The number of amides is 1. The van der Waals surface area contributed by atoms with E-state index in [2.05, 4.69) is 15.5 Å². The zero-order valence-electron chi connectivity index (χ0n) is 14.3. The van der Waals surface area contributed by atoms with Crippen molar-refractivity contribution in [3.63, 3.8) is 0 Å². The molecular formula is C16H20N4O3S3. The van der Waals surface area contributed by atoms with E-state index in [0.717, 1.165) is 23.6 Å². The van der Waals surface area contributed by atoms with E-state index in [9.17, 15) is 13.2 Å². The summed E-state index contributed by atoms with van der Waals surface area (Å²) in [7, 11) is -3.46. The minimum Gasteiger partial charge on any atom is -0.325 e. The second-order valence-electron chi connectivity index (χ2n) is 5.94. The van der Waals surface area contributed by atoms with E-state index in [1.54, 1.807) is 36.7 Å². The summed E-state index contributed by atoms with van der Waals surface area (Å²) in [6, 6.07) is 6.33. The van der Waals surface area contributed by atoms with Crippen LogP contribution in [0.4, 0.5) is 5.69 Å². The van der Waals surface area contributed by atoms with Gasteiger partial charge in [0.15, 0.2) is 4.34 Å². The molecule has 140 valence electrons. The van der Waals surface area contributed by atoms with Crippen LogP contribution >= 0.6 is 23.1 Å². The van der Waals surface area contributed by atoms with Crippen LogP contribution in [0.1, 0.15) is 26.2 Å². The van der Waals surface area contributed by atoms with E-state index in [1.165, 1.54) is 27.4 Å². The third-order valence-electron chi connectivity index (χ3n) is 4.06. The Bertz CT molecular complexity index is 832. The molecule has 1 aromatic heterocycles. The van der Waals surface area contributed by atoms with Gasteiger partial charge in [-0.25, -0.2) is 8.42 Å². The first kappa shape index (κ1) is 19.3. The number of nitrogens with one attached hydrogen (secondary N) is 1. The number of hydrogen-bond donors (Lipinski definition) is 1. The lowest BCUT2D eigenvalue weighted by Gasteiger charge is -2.25. The highest BCUT2D eigenvalue weighted by Crippen LogP contribution is 2.26. The Kier molecular flexibility index (Phi) is 6.28. The quantitative estimate of drug-likeness (QED) is 0.734. The first-order chi connectivity index (χ1) is 12.5. The molecule has 1 saturated heterocycles. The normalized spacial score (nSPS) is 17.0. The molecule has 1 N–H and O–H groups in total. The highest BCUT2D eigenvalue weighted by molar-refractivity contribution is 8.02. The van der Waals surface area contributed by atoms with Crippen LogP contribution in [0.15, 0.2) is 39.0 Å². The Hall–Kier alpha value is -1.49. The minimum atomic E-state index is -3.46. The van der Waals surface area contributed by atoms with E-state index < -0.39 is 10.0 Å². The summed E-state index contributed by atoms with van der Waals surface area (Å²) in [5.74, 6) is -0.170. The Morgan fingerprint density at radius 2 is 1.92 bits per heavy atom. The summed E-state index contributed by atoms with van der Waals surface area (Å²) < 4.78 is 27.5. The summed E-state index contributed by atoms with van der Waals surface area (Å²) in [5.41, 5.74) is 2.19. The molecule has 26 heavy (non-hydrogen) atoms. The highest BCUT2D eigenvalue weighted by Gasteiger charge is 2.25. The summed E-state index contributed by atoms with van der Waals surface area (Å²) in [4.78, 5) is 12.5. The van der Waals surface area contributed by atoms with Crippen LogP contribution in [0.3, 0.4) is 0 Å². The van der Waals surface area contributed by atoms with E-state index in [4.69, 9.17) is 0 Å². The molecule has 1 aliphatic heterocycles. The summed E-state index contributed by atoms with van der Waals surface area (Å²) in [6.45, 7) is 2.93. The van der Waals surface area contributed by atoms with Crippen LogP contribution in [0.25, 0.3) is 0 Å². The molecular weight excluding hydrogens is 392 g/mol. The van der Waals surface area contributed by atoms with Crippen molar-refractivity contribution < 1.29 is 13.2 Å². The van der Waals surface area contributed by atoms with Gasteiger partial charge in [0.05, 0.1) is 10.1 Å². The van der Waals surface area contributed by atoms with Crippen molar-refractivity contribution in [1.29, 1.82) is 0 Å². The molecule has 10 heteroatoms. The fourth-order valence-corrected chi connectivity index (χ4v) is 5.77. The average molecular weight is 413 g/mol. The zero-order chi connectivity index (χ0) is 18.6. The maximum Gasteiger partial charge on any atom is 0.243 e. The molecule has 2 heterocycles. The maximum atomic E-state index is 12.6. The van der Waals surface area contributed by atoms with Gasteiger partial charge >= 0.3 is 0 Å². The molecule has 0 saturated carbocycles. The van der Waals surface area contributed by atoms with Gasteiger partial charge in [0.1, 0.15) is 5.51 Å². The second kappa shape index (κ2) is 8.47. The van der Waals surface area contributed by atoms with Gasteiger partial charge in [-0.15, -0.1) is 10.2 Å². The number of hydrogen-bond acceptors (Lipinski definition) is 7. The molecule has 1 aliphatic rings. The fraction of sp³-hybridized carbons (Fsp3) is 0.438. The van der Waals surface area contributed by atoms with Gasteiger partial charge in [0, 0.05) is 18.8 Å². The van der Waals surface area contributed by atoms with Gasteiger partial charge in [-0.1, -0.05) is 29.5 Å². The number of carbonyl (C=O) groups excluding carboxylic acids is 1. The van der Waals surface area contributed by atoms with Gasteiger partial charge in [-0.3, -0.25) is 4.79 Å². The van der Waals surface area contributed by atoms with E-state index in [-0.39, 0.29) is 16.1 Å². The molecule has 1 aromatic carbocycles. The highest BCUT2D eigenvalue weighted by atomic mass is 32.2. The molecule has 0 aliphatic carbocycles. The smallest absolute Gasteiger partial charge is 0.243 e. The predicted octanol–water partition coefficient (Wildman–Crippen LogP) is 2.83. The first-order valence-electron chi connectivity index (χ1n) is 8.31. The molecule has 7 nitrogen and oxygen atoms in total. The minimum absolute atomic E-state index is 0.170. The van der Waals surface area contributed by atoms with Crippen LogP contribution in [-0.2, 0) is 14.8 Å². The van der Waals surface area contributed by atoms with Gasteiger partial charge in [-0.2, -0.15) is 4.31 Å². The fourth-order valence-electron chi connectivity index (χ4n) is 2.63. The largest absolute Gasteiger partial charge is 0.325 e. The van der Waals surface area contributed by atoms with E-state index >= 15 is 0 Å². The van der Waals surface area contributed by atoms with Crippen LogP contribution in [0.5, 0.6) is 0 Å². The number of anilines is 1. The number of rotatable bonds is 6. The standard InChI is InChI=1S/C16H20N4O3S3/c1-12(25-16-19-17-11-24-16)15(21)18-13-5-7-14(8-6-13)26(22,23)20-9-3-2-4-10-20/h5-8,11-12H,2-4,9-10H2,1H3,(H,18,21)/t12-/m1/s1. The van der Waals surface area contributed by atoms with Crippen molar-refractivity contribution in [3.05, 3.63) is 29.8 Å². The van der Waals surface area contributed by atoms with Crippen molar-refractivity contribution in [2.75, 3.05) is 18.4 Å². The van der Waals surface area contributed by atoms with E-state index in [0.29, 0.717) is 18.8 Å². The number of sulfonamides is 1. The molecule has 0 radical (unpaired) electrons. The Labute approximate surface area is 161 Å². The van der Waals surface area contributed by atoms with Crippen LogP contribution in [-0.4, -0.2) is 47.2 Å². The van der Waals surface area contributed by atoms with Crippen molar-refractivity contribution in [1.82, 2.24) is 14.5 Å². The number of benzene rings is 1. The topological polar surface area (TPSA) is 92.3 Å². The molecule has 0 unspecified atom stereocenters. The summed E-state index contributed by atoms with van der Waals surface area (Å²) in [5, 5.41) is 10.1. The Morgan fingerprint density at radius 3 is 2.54 bits per heavy atom. The average Bonchev–Trinajstić information content (AvgIpc) is 3.16. The number of carbonyl (C=O) groups is 1. The number of aromatic nitrogens is 2. The van der Waals surface area contributed by atoms with Crippen LogP contribution in [0.2, 0.25) is 0 Å². The lowest BCUT2D eigenvalue weighted by molar-refractivity contribution is -0.115. The van der Waals surface area contributed by atoms with E-state index in [1.807, 2.05) is 0 Å². The molecule has 0 spiro atoms. The van der Waals surface area contributed by atoms with Gasteiger partial charge < -0.3 is 5.32 Å². The lowest BCUT2D eigenvalue weighted by atomic mass is 10.2. The first-order valence-corrected chi connectivity index (χ1v) is 11.5. The second-order valence-corrected chi connectivity index (χ2v) is 10.3. The van der Waals surface area contributed by atoms with Gasteiger partial charge in [-0.05, 0) is 44.0 Å².